The van der Waals surface area contributed by atoms with Crippen LogP contribution in [0.2, 0.25) is 0 Å². The summed E-state index contributed by atoms with van der Waals surface area (Å²) in [6.45, 7) is 0.967. The van der Waals surface area contributed by atoms with Gasteiger partial charge in [-0.25, -0.2) is 4.79 Å². The third kappa shape index (κ3) is 6.16. The molecular weight excluding hydrogens is 414 g/mol. The van der Waals surface area contributed by atoms with E-state index < -0.39 is 6.09 Å². The summed E-state index contributed by atoms with van der Waals surface area (Å²) in [5.41, 5.74) is 4.75. The number of aromatic hydroxyl groups is 1. The van der Waals surface area contributed by atoms with Crippen molar-refractivity contribution in [2.75, 3.05) is 13.2 Å². The summed E-state index contributed by atoms with van der Waals surface area (Å²) in [4.78, 5) is 12.8. The first-order valence-corrected chi connectivity index (χ1v) is 11.3. The minimum absolute atomic E-state index is 0.0744. The number of nitrogens with zero attached hydrogens (tertiary/aromatic N) is 1. The summed E-state index contributed by atoms with van der Waals surface area (Å²) in [5.74, 6) is 1.03. The molecule has 1 saturated heterocycles. The molecule has 3 aromatic carbocycles. The van der Waals surface area contributed by atoms with Crippen LogP contribution >= 0.6 is 0 Å². The molecule has 1 unspecified atom stereocenters. The molecule has 0 spiro atoms. The molecule has 3 aromatic rings. The van der Waals surface area contributed by atoms with Crippen LogP contribution in [0.25, 0.3) is 5.57 Å². The van der Waals surface area contributed by atoms with E-state index in [1.165, 1.54) is 21.6 Å². The van der Waals surface area contributed by atoms with Crippen molar-refractivity contribution < 1.29 is 19.7 Å². The van der Waals surface area contributed by atoms with E-state index in [1.54, 1.807) is 12.1 Å². The number of ether oxygens (including phenoxy) is 1. The van der Waals surface area contributed by atoms with E-state index in [2.05, 4.69) is 30.3 Å². The summed E-state index contributed by atoms with van der Waals surface area (Å²) in [6.07, 6.45) is 4.68. The van der Waals surface area contributed by atoms with Gasteiger partial charge >= 0.3 is 6.09 Å². The van der Waals surface area contributed by atoms with Gasteiger partial charge in [-0.15, -0.1) is 0 Å². The Labute approximate surface area is 194 Å². The molecule has 0 aliphatic carbocycles. The van der Waals surface area contributed by atoms with Crippen molar-refractivity contribution in [3.05, 3.63) is 102 Å². The molecule has 1 heterocycles. The van der Waals surface area contributed by atoms with E-state index in [0.29, 0.717) is 13.2 Å². The molecular formula is C28H29NO4. The first-order chi connectivity index (χ1) is 16.1. The van der Waals surface area contributed by atoms with Crippen LogP contribution in [0.4, 0.5) is 4.79 Å². The van der Waals surface area contributed by atoms with E-state index in [1.807, 2.05) is 42.5 Å². The molecule has 1 aliphatic heterocycles. The van der Waals surface area contributed by atoms with Crippen molar-refractivity contribution in [1.82, 2.24) is 4.90 Å². The van der Waals surface area contributed by atoms with Crippen LogP contribution in [0.1, 0.15) is 29.5 Å². The number of phenols is 1. The Morgan fingerprint density at radius 1 is 0.970 bits per heavy atom. The molecule has 1 atom stereocenters. The number of rotatable bonds is 8. The lowest BCUT2D eigenvalue weighted by molar-refractivity contribution is 0.123. The molecule has 0 aromatic heterocycles. The predicted molar refractivity (Wildman–Crippen MR) is 130 cm³/mol. The fraction of sp³-hybridized carbons (Fsp3) is 0.250. The van der Waals surface area contributed by atoms with E-state index in [-0.39, 0.29) is 11.8 Å². The number of allylic oxidation sites excluding steroid dienone is 2. The highest BCUT2D eigenvalue weighted by atomic mass is 16.5. The van der Waals surface area contributed by atoms with Crippen LogP contribution < -0.4 is 4.74 Å². The molecule has 2 N–H and O–H groups in total. The van der Waals surface area contributed by atoms with Gasteiger partial charge in [0.05, 0.1) is 6.04 Å². The summed E-state index contributed by atoms with van der Waals surface area (Å²) in [5, 5.41) is 18.8. The molecule has 0 bridgehead atoms. The first kappa shape index (κ1) is 22.5. The Kier molecular flexibility index (Phi) is 7.30. The van der Waals surface area contributed by atoms with E-state index in [0.717, 1.165) is 37.0 Å². The predicted octanol–water partition coefficient (Wildman–Crippen LogP) is 5.78. The molecule has 1 fully saturated rings. The lowest BCUT2D eigenvalue weighted by Gasteiger charge is -2.21. The number of amides is 1. The topological polar surface area (TPSA) is 70.0 Å². The lowest BCUT2D eigenvalue weighted by Crippen LogP contribution is -2.37. The lowest BCUT2D eigenvalue weighted by atomic mass is 9.96. The average Bonchev–Trinajstić information content (AvgIpc) is 3.32. The second-order valence-corrected chi connectivity index (χ2v) is 8.37. The van der Waals surface area contributed by atoms with Crippen LogP contribution in [-0.2, 0) is 12.8 Å². The van der Waals surface area contributed by atoms with Gasteiger partial charge in [0.15, 0.2) is 0 Å². The minimum Gasteiger partial charge on any atom is -0.508 e. The van der Waals surface area contributed by atoms with Crippen molar-refractivity contribution in [2.45, 2.75) is 31.7 Å². The molecule has 0 radical (unpaired) electrons. The molecule has 4 rings (SSSR count). The Bertz CT molecular complexity index is 1080. The zero-order valence-corrected chi connectivity index (χ0v) is 18.6. The van der Waals surface area contributed by atoms with E-state index >= 15 is 0 Å². The molecule has 1 amide bonds. The van der Waals surface area contributed by atoms with Gasteiger partial charge in [0.1, 0.15) is 18.1 Å². The zero-order valence-electron chi connectivity index (χ0n) is 18.6. The number of carbonyl (C=O) groups is 1. The maximum absolute atomic E-state index is 11.3. The second kappa shape index (κ2) is 10.7. The maximum atomic E-state index is 11.3. The number of hydrogen-bond donors (Lipinski definition) is 2. The van der Waals surface area contributed by atoms with Gasteiger partial charge in [0.25, 0.3) is 0 Å². The minimum atomic E-state index is -0.871. The van der Waals surface area contributed by atoms with Gasteiger partial charge in [-0.2, -0.15) is 0 Å². The van der Waals surface area contributed by atoms with Crippen LogP contribution in [0.15, 0.2) is 84.9 Å². The molecule has 170 valence electrons. The first-order valence-electron chi connectivity index (χ1n) is 11.3. The van der Waals surface area contributed by atoms with Gasteiger partial charge in [-0.05, 0) is 72.2 Å². The van der Waals surface area contributed by atoms with Crippen LogP contribution in [0.5, 0.6) is 11.5 Å². The van der Waals surface area contributed by atoms with Gasteiger partial charge in [-0.3, -0.25) is 0 Å². The second-order valence-electron chi connectivity index (χ2n) is 8.37. The quantitative estimate of drug-likeness (QED) is 0.463. The van der Waals surface area contributed by atoms with Crippen molar-refractivity contribution in [2.24, 2.45) is 0 Å². The smallest absolute Gasteiger partial charge is 0.407 e. The Morgan fingerprint density at radius 2 is 1.67 bits per heavy atom. The van der Waals surface area contributed by atoms with Crippen molar-refractivity contribution in [1.29, 1.82) is 0 Å². The zero-order chi connectivity index (χ0) is 23.0. The summed E-state index contributed by atoms with van der Waals surface area (Å²) in [7, 11) is 0. The highest BCUT2D eigenvalue weighted by Crippen LogP contribution is 2.24. The molecule has 0 saturated carbocycles. The number of carboxylic acid groups (broad SMARTS) is 1. The molecule has 5 nitrogen and oxygen atoms in total. The Hall–Kier alpha value is -3.73. The van der Waals surface area contributed by atoms with Crippen molar-refractivity contribution in [3.8, 4) is 11.5 Å². The summed E-state index contributed by atoms with van der Waals surface area (Å²) < 4.78 is 5.89. The Balaban J connectivity index is 1.42. The van der Waals surface area contributed by atoms with E-state index in [4.69, 9.17) is 4.74 Å². The van der Waals surface area contributed by atoms with Crippen molar-refractivity contribution in [3.63, 3.8) is 0 Å². The Morgan fingerprint density at radius 3 is 2.36 bits per heavy atom. The highest BCUT2D eigenvalue weighted by Gasteiger charge is 2.28. The number of benzene rings is 3. The average molecular weight is 444 g/mol. The molecule has 33 heavy (non-hydrogen) atoms. The summed E-state index contributed by atoms with van der Waals surface area (Å²) >= 11 is 0. The standard InChI is InChI=1S/C28H29NO4/c30-26-14-9-21(10-15-26)8-13-24(23-5-2-1-3-6-23)19-22-11-16-27(17-12-22)33-20-25-7-4-18-29(25)28(31)32/h1-3,5-6,9-17,25,30H,4,7-8,18-20H2,(H,31,32). The number of hydrogen-bond acceptors (Lipinski definition) is 3. The third-order valence-corrected chi connectivity index (χ3v) is 6.05. The normalized spacial score (nSPS) is 16.1. The van der Waals surface area contributed by atoms with E-state index in [9.17, 15) is 15.0 Å². The SMILES string of the molecule is O=C(O)N1CCCC1COc1ccc(CC(=CCc2ccc(O)cc2)c2ccccc2)cc1. The maximum Gasteiger partial charge on any atom is 0.407 e. The number of phenolic OH excluding ortho intramolecular Hbond substituents is 1. The fourth-order valence-corrected chi connectivity index (χ4v) is 4.19. The van der Waals surface area contributed by atoms with Crippen LogP contribution in [0, 0.1) is 0 Å². The summed E-state index contributed by atoms with van der Waals surface area (Å²) in [6, 6.07) is 25.6. The fourth-order valence-electron chi connectivity index (χ4n) is 4.19. The van der Waals surface area contributed by atoms with Crippen molar-refractivity contribution >= 4 is 11.7 Å². The highest BCUT2D eigenvalue weighted by molar-refractivity contribution is 5.68. The molecule has 5 heteroatoms. The van der Waals surface area contributed by atoms with Gasteiger partial charge < -0.3 is 19.8 Å². The molecule has 1 aliphatic rings. The van der Waals surface area contributed by atoms with Gasteiger partial charge in [0.2, 0.25) is 0 Å². The monoisotopic (exact) mass is 443 g/mol. The van der Waals surface area contributed by atoms with Gasteiger partial charge in [0, 0.05) is 6.54 Å². The van der Waals surface area contributed by atoms with Crippen LogP contribution in [-0.4, -0.2) is 40.4 Å². The third-order valence-electron chi connectivity index (χ3n) is 6.05. The number of likely N-dealkylation sites (tertiary alicyclic amines) is 1. The largest absolute Gasteiger partial charge is 0.508 e. The van der Waals surface area contributed by atoms with Gasteiger partial charge in [-0.1, -0.05) is 60.7 Å². The van der Waals surface area contributed by atoms with Crippen LogP contribution in [0.3, 0.4) is 0 Å².